The highest BCUT2D eigenvalue weighted by Gasteiger charge is 2.18. The van der Waals surface area contributed by atoms with Crippen LogP contribution in [-0.4, -0.2) is 80.5 Å². The zero-order valence-electron chi connectivity index (χ0n) is 18.1. The molecule has 0 spiro atoms. The zero-order valence-corrected chi connectivity index (χ0v) is 18.1. The number of hydrogen-bond acceptors (Lipinski definition) is 7. The fraction of sp³-hybridized carbons (Fsp3) is 0.500. The molecule has 1 fully saturated rings. The Hall–Kier alpha value is -2.75. The van der Waals surface area contributed by atoms with Gasteiger partial charge in [0.1, 0.15) is 0 Å². The number of anilines is 2. The molecule has 2 amide bonds. The molecule has 0 bridgehead atoms. The van der Waals surface area contributed by atoms with Gasteiger partial charge in [-0.1, -0.05) is 12.1 Å². The molecule has 168 valence electrons. The molecule has 0 unspecified atom stereocenters. The quantitative estimate of drug-likeness (QED) is 0.529. The Balaban J connectivity index is 1.29. The van der Waals surface area contributed by atoms with Crippen LogP contribution >= 0.6 is 0 Å². The molecule has 0 aliphatic carbocycles. The van der Waals surface area contributed by atoms with Crippen LogP contribution < -0.4 is 15.5 Å². The van der Waals surface area contributed by atoms with Crippen LogP contribution in [0.25, 0.3) is 0 Å². The first kappa shape index (κ1) is 22.9. The summed E-state index contributed by atoms with van der Waals surface area (Å²) in [7, 11) is 1.65. The van der Waals surface area contributed by atoms with Crippen LogP contribution in [0.15, 0.2) is 42.7 Å². The summed E-state index contributed by atoms with van der Waals surface area (Å²) in [5.41, 5.74) is 1.76. The van der Waals surface area contributed by atoms with E-state index in [1.165, 1.54) is 0 Å². The predicted molar refractivity (Wildman–Crippen MR) is 120 cm³/mol. The second kappa shape index (κ2) is 12.8. The van der Waals surface area contributed by atoms with Crippen molar-refractivity contribution in [1.29, 1.82) is 0 Å². The van der Waals surface area contributed by atoms with Crippen molar-refractivity contribution in [2.45, 2.75) is 13.0 Å². The maximum atomic E-state index is 12.2. The number of amides is 2. The lowest BCUT2D eigenvalue weighted by atomic mass is 10.2. The van der Waals surface area contributed by atoms with Gasteiger partial charge in [-0.25, -0.2) is 14.8 Å². The molecule has 0 atom stereocenters. The molecule has 3 rings (SSSR count). The van der Waals surface area contributed by atoms with E-state index in [2.05, 4.69) is 30.4 Å². The third-order valence-electron chi connectivity index (χ3n) is 5.03. The highest BCUT2D eigenvalue weighted by molar-refractivity contribution is 5.89. The lowest BCUT2D eigenvalue weighted by molar-refractivity contribution is 0.0617. The Morgan fingerprint density at radius 3 is 2.68 bits per heavy atom. The zero-order chi connectivity index (χ0) is 21.7. The minimum Gasteiger partial charge on any atom is -0.382 e. The summed E-state index contributed by atoms with van der Waals surface area (Å²) in [5.74, 6) is 0.797. The number of urea groups is 1. The molecule has 2 heterocycles. The summed E-state index contributed by atoms with van der Waals surface area (Å²) < 4.78 is 10.5. The van der Waals surface area contributed by atoms with Crippen LogP contribution in [0.3, 0.4) is 0 Å². The number of rotatable bonds is 11. The minimum absolute atomic E-state index is 0.191. The van der Waals surface area contributed by atoms with Crippen LogP contribution in [0.2, 0.25) is 0 Å². The van der Waals surface area contributed by atoms with Crippen molar-refractivity contribution in [3.8, 4) is 0 Å². The van der Waals surface area contributed by atoms with Crippen molar-refractivity contribution in [3.63, 3.8) is 0 Å². The van der Waals surface area contributed by atoms with Gasteiger partial charge in [0, 0.05) is 57.9 Å². The lowest BCUT2D eigenvalue weighted by Crippen LogP contribution is -2.47. The van der Waals surface area contributed by atoms with Gasteiger partial charge in [0.2, 0.25) is 5.95 Å². The van der Waals surface area contributed by atoms with Crippen LogP contribution in [-0.2, 0) is 16.1 Å². The van der Waals surface area contributed by atoms with E-state index < -0.39 is 0 Å². The number of methoxy groups -OCH3 is 1. The molecule has 1 aromatic carbocycles. The third kappa shape index (κ3) is 8.12. The highest BCUT2D eigenvalue weighted by atomic mass is 16.5. The fourth-order valence-corrected chi connectivity index (χ4v) is 3.38. The smallest absolute Gasteiger partial charge is 0.319 e. The number of ether oxygens (including phenoxy) is 2. The topological polar surface area (TPSA) is 91.9 Å². The van der Waals surface area contributed by atoms with E-state index in [1.807, 2.05) is 30.3 Å². The normalized spacial score (nSPS) is 14.4. The number of benzene rings is 1. The molecular weight excluding hydrogens is 396 g/mol. The van der Waals surface area contributed by atoms with E-state index in [0.29, 0.717) is 26.4 Å². The average molecular weight is 429 g/mol. The summed E-state index contributed by atoms with van der Waals surface area (Å²) in [6.45, 7) is 6.98. The Morgan fingerprint density at radius 2 is 1.90 bits per heavy atom. The van der Waals surface area contributed by atoms with E-state index in [9.17, 15) is 4.79 Å². The van der Waals surface area contributed by atoms with Gasteiger partial charge in [0.15, 0.2) is 0 Å². The van der Waals surface area contributed by atoms with Gasteiger partial charge in [0.25, 0.3) is 0 Å². The Kier molecular flexibility index (Phi) is 9.49. The van der Waals surface area contributed by atoms with E-state index in [-0.39, 0.29) is 6.03 Å². The van der Waals surface area contributed by atoms with Crippen LogP contribution in [0.5, 0.6) is 0 Å². The van der Waals surface area contributed by atoms with Gasteiger partial charge in [0.05, 0.1) is 19.8 Å². The highest BCUT2D eigenvalue weighted by Crippen LogP contribution is 2.12. The molecule has 1 aliphatic heterocycles. The first-order valence-corrected chi connectivity index (χ1v) is 10.7. The first-order chi connectivity index (χ1) is 15.2. The second-order valence-electron chi connectivity index (χ2n) is 7.36. The third-order valence-corrected chi connectivity index (χ3v) is 5.03. The van der Waals surface area contributed by atoms with Crippen molar-refractivity contribution in [3.05, 3.63) is 48.3 Å². The Labute approximate surface area is 183 Å². The number of hydrogen-bond donors (Lipinski definition) is 2. The van der Waals surface area contributed by atoms with Gasteiger partial charge >= 0.3 is 6.03 Å². The number of aromatic nitrogens is 2. The van der Waals surface area contributed by atoms with Gasteiger partial charge in [-0.3, -0.25) is 4.90 Å². The molecule has 1 aromatic heterocycles. The van der Waals surface area contributed by atoms with Crippen molar-refractivity contribution in [2.24, 2.45) is 0 Å². The molecular formula is C22H32N6O3. The maximum absolute atomic E-state index is 12.2. The van der Waals surface area contributed by atoms with E-state index in [4.69, 9.17) is 9.47 Å². The molecule has 9 nitrogen and oxygen atoms in total. The molecule has 2 N–H and O–H groups in total. The van der Waals surface area contributed by atoms with Gasteiger partial charge < -0.3 is 25.0 Å². The van der Waals surface area contributed by atoms with Crippen molar-refractivity contribution in [2.75, 3.05) is 69.8 Å². The van der Waals surface area contributed by atoms with Crippen LogP contribution in [0.1, 0.15) is 12.0 Å². The van der Waals surface area contributed by atoms with Gasteiger partial charge in [-0.15, -0.1) is 0 Å². The van der Waals surface area contributed by atoms with E-state index >= 15 is 0 Å². The largest absolute Gasteiger partial charge is 0.382 e. The summed E-state index contributed by atoms with van der Waals surface area (Å²) in [6, 6.07) is 9.31. The van der Waals surface area contributed by atoms with Gasteiger partial charge in [-0.05, 0) is 36.7 Å². The summed E-state index contributed by atoms with van der Waals surface area (Å²) in [4.78, 5) is 25.4. The monoisotopic (exact) mass is 428 g/mol. The lowest BCUT2D eigenvalue weighted by Gasteiger charge is -2.34. The number of nitrogens with one attached hydrogen (secondary N) is 2. The Bertz CT molecular complexity index is 784. The van der Waals surface area contributed by atoms with Crippen molar-refractivity contribution in [1.82, 2.24) is 20.2 Å². The average Bonchev–Trinajstić information content (AvgIpc) is 2.81. The van der Waals surface area contributed by atoms with Crippen LogP contribution in [0.4, 0.5) is 16.4 Å². The number of carbonyl (C=O) groups is 1. The molecule has 1 aliphatic rings. The second-order valence-corrected chi connectivity index (χ2v) is 7.36. The minimum atomic E-state index is -0.191. The molecule has 0 saturated carbocycles. The predicted octanol–water partition coefficient (Wildman–Crippen LogP) is 1.97. The number of nitrogens with zero attached hydrogens (tertiary/aromatic N) is 4. The molecule has 9 heteroatoms. The SMILES string of the molecule is COCCOCc1cccc(NC(=O)NCCCN2CCN(c3ncccn3)CC2)c1. The Morgan fingerprint density at radius 1 is 1.10 bits per heavy atom. The van der Waals surface area contributed by atoms with E-state index in [0.717, 1.165) is 56.3 Å². The fourth-order valence-electron chi connectivity index (χ4n) is 3.38. The molecule has 1 saturated heterocycles. The van der Waals surface area contributed by atoms with Crippen LogP contribution in [0, 0.1) is 0 Å². The van der Waals surface area contributed by atoms with Crippen molar-refractivity contribution >= 4 is 17.7 Å². The van der Waals surface area contributed by atoms with E-state index in [1.54, 1.807) is 19.5 Å². The van der Waals surface area contributed by atoms with Crippen molar-refractivity contribution < 1.29 is 14.3 Å². The molecule has 31 heavy (non-hydrogen) atoms. The summed E-state index contributed by atoms with van der Waals surface area (Å²) in [6.07, 6.45) is 4.46. The maximum Gasteiger partial charge on any atom is 0.319 e. The summed E-state index contributed by atoms with van der Waals surface area (Å²) in [5, 5.41) is 5.81. The van der Waals surface area contributed by atoms with Gasteiger partial charge in [-0.2, -0.15) is 0 Å². The number of piperazine rings is 1. The first-order valence-electron chi connectivity index (χ1n) is 10.7. The standard InChI is InChI=1S/C22H32N6O3/c1-30-15-16-31-18-19-5-2-6-20(17-19)26-22(29)25-9-4-10-27-11-13-28(14-12-27)21-23-7-3-8-24-21/h2-3,5-8,17H,4,9-16,18H2,1H3,(H2,25,26,29). The number of carbonyl (C=O) groups excluding carboxylic acids is 1. The molecule has 2 aromatic rings. The molecule has 0 radical (unpaired) electrons. The summed E-state index contributed by atoms with van der Waals surface area (Å²) >= 11 is 0.